The molecule has 0 atom stereocenters. The van der Waals surface area contributed by atoms with Crippen molar-refractivity contribution in [1.29, 1.82) is 0 Å². The molecule has 2 rings (SSSR count). The molecule has 0 saturated carbocycles. The summed E-state index contributed by atoms with van der Waals surface area (Å²) in [6.07, 6.45) is -0.516. The first-order valence-corrected chi connectivity index (χ1v) is 6.20. The minimum absolute atomic E-state index is 0.258. The van der Waals surface area contributed by atoms with Crippen molar-refractivity contribution in [3.8, 4) is 0 Å². The number of rotatable bonds is 0. The van der Waals surface area contributed by atoms with Gasteiger partial charge in [0.25, 0.3) is 0 Å². The van der Waals surface area contributed by atoms with E-state index in [1.165, 1.54) is 0 Å². The summed E-state index contributed by atoms with van der Waals surface area (Å²) in [5.41, 5.74) is 17.0. The first kappa shape index (κ1) is 24.0. The average Bonchev–Trinajstić information content (AvgIpc) is 2.33. The van der Waals surface area contributed by atoms with Crippen LogP contribution in [0.25, 0.3) is 0 Å². The van der Waals surface area contributed by atoms with Crippen LogP contribution in [-0.2, 0) is 19.2 Å². The zero-order valence-electron chi connectivity index (χ0n) is 13.0. The maximum absolute atomic E-state index is 10.3. The standard InChI is InChI=1S/2C4H4N2O3.2CH4N2O/c2*7-2-1-3(8)6-4(9)5-2;2*2-1(3)4/h2*1H2,(H2,5,6,7,8,9);2*(H4,2,3,4). The van der Waals surface area contributed by atoms with E-state index in [-0.39, 0.29) is 12.8 Å². The van der Waals surface area contributed by atoms with E-state index >= 15 is 0 Å². The first-order valence-electron chi connectivity index (χ1n) is 6.20. The number of barbiturate groups is 2. The number of primary amides is 4. The predicted octanol–water partition coefficient (Wildman–Crippen LogP) is -4.47. The number of nitrogens with one attached hydrogen (secondary N) is 4. The lowest BCUT2D eigenvalue weighted by Gasteiger charge is -2.09. The Morgan fingerprint density at radius 3 is 0.808 bits per heavy atom. The van der Waals surface area contributed by atoms with Crippen molar-refractivity contribution >= 4 is 47.8 Å². The molecule has 0 radical (unpaired) electrons. The van der Waals surface area contributed by atoms with Crippen molar-refractivity contribution in [2.75, 3.05) is 0 Å². The minimum Gasteiger partial charge on any atom is -0.352 e. The van der Waals surface area contributed by atoms with Crippen LogP contribution in [-0.4, -0.2) is 47.8 Å². The molecule has 0 aromatic rings. The Bertz CT molecular complexity index is 478. The quantitative estimate of drug-likeness (QED) is 0.190. The van der Waals surface area contributed by atoms with Crippen molar-refractivity contribution in [2.24, 2.45) is 22.9 Å². The maximum Gasteiger partial charge on any atom is 0.328 e. The van der Waals surface area contributed by atoms with Crippen LogP contribution in [0.4, 0.5) is 19.2 Å². The van der Waals surface area contributed by atoms with Gasteiger partial charge in [-0.3, -0.25) is 40.4 Å². The highest BCUT2D eigenvalue weighted by Gasteiger charge is 2.20. The zero-order valence-corrected chi connectivity index (χ0v) is 13.0. The number of amides is 12. The first-order chi connectivity index (χ1) is 11.8. The van der Waals surface area contributed by atoms with Crippen LogP contribution in [0.2, 0.25) is 0 Å². The maximum atomic E-state index is 10.3. The molecular formula is C10H16N8O8. The van der Waals surface area contributed by atoms with E-state index in [4.69, 9.17) is 9.59 Å². The molecule has 12 N–H and O–H groups in total. The second kappa shape index (κ2) is 12.2. The largest absolute Gasteiger partial charge is 0.352 e. The lowest BCUT2D eigenvalue weighted by atomic mass is 10.3. The molecule has 2 fully saturated rings. The van der Waals surface area contributed by atoms with Gasteiger partial charge in [-0.2, -0.15) is 0 Å². The molecule has 2 saturated heterocycles. The van der Waals surface area contributed by atoms with Gasteiger partial charge in [-0.15, -0.1) is 0 Å². The third kappa shape index (κ3) is 17.8. The van der Waals surface area contributed by atoms with Crippen LogP contribution in [0.15, 0.2) is 0 Å². The van der Waals surface area contributed by atoms with Gasteiger partial charge >= 0.3 is 24.1 Å². The molecule has 0 spiro atoms. The Balaban J connectivity index is 0. The monoisotopic (exact) mass is 376 g/mol. The molecule has 2 heterocycles. The molecule has 144 valence electrons. The highest BCUT2D eigenvalue weighted by Crippen LogP contribution is 1.86. The number of carbonyl (C=O) groups excluding carboxylic acids is 8. The van der Waals surface area contributed by atoms with Crippen LogP contribution < -0.4 is 44.2 Å². The minimum atomic E-state index is -0.833. The lowest BCUT2D eigenvalue weighted by molar-refractivity contribution is -0.131. The summed E-state index contributed by atoms with van der Waals surface area (Å²) in [4.78, 5) is 79.6. The molecule has 0 unspecified atom stereocenters. The van der Waals surface area contributed by atoms with E-state index in [2.05, 4.69) is 22.9 Å². The lowest BCUT2D eigenvalue weighted by Crippen LogP contribution is -2.49. The Labute approximate surface area is 144 Å². The van der Waals surface area contributed by atoms with E-state index in [1.807, 2.05) is 21.3 Å². The Morgan fingerprint density at radius 2 is 0.692 bits per heavy atom. The van der Waals surface area contributed by atoms with E-state index in [0.29, 0.717) is 0 Å². The molecule has 26 heavy (non-hydrogen) atoms. The fourth-order valence-corrected chi connectivity index (χ4v) is 1.04. The highest BCUT2D eigenvalue weighted by atomic mass is 16.2. The number of carbonyl (C=O) groups is 8. The molecule has 16 heteroatoms. The predicted molar refractivity (Wildman–Crippen MR) is 80.1 cm³/mol. The molecule has 2 aliphatic heterocycles. The molecule has 0 bridgehead atoms. The summed E-state index contributed by atoms with van der Waals surface area (Å²) in [5, 5.41) is 7.60. The van der Waals surface area contributed by atoms with Crippen LogP contribution in [0, 0.1) is 0 Å². The molecule has 2 aliphatic rings. The Hall–Kier alpha value is -4.24. The number of urea groups is 4. The normalized spacial score (nSPS) is 14.9. The van der Waals surface area contributed by atoms with Crippen molar-refractivity contribution in [2.45, 2.75) is 12.8 Å². The van der Waals surface area contributed by atoms with Crippen molar-refractivity contribution < 1.29 is 38.4 Å². The summed E-state index contributed by atoms with van der Waals surface area (Å²) < 4.78 is 0. The van der Waals surface area contributed by atoms with Crippen molar-refractivity contribution in [3.05, 3.63) is 0 Å². The number of hydrogen-bond acceptors (Lipinski definition) is 8. The van der Waals surface area contributed by atoms with Gasteiger partial charge in [-0.25, -0.2) is 19.2 Å². The van der Waals surface area contributed by atoms with Gasteiger partial charge in [0.2, 0.25) is 23.6 Å². The van der Waals surface area contributed by atoms with Crippen LogP contribution in [0.3, 0.4) is 0 Å². The van der Waals surface area contributed by atoms with Gasteiger partial charge in [0.1, 0.15) is 12.8 Å². The van der Waals surface area contributed by atoms with Gasteiger partial charge in [0, 0.05) is 0 Å². The molecule has 16 nitrogen and oxygen atoms in total. The molecule has 0 aliphatic carbocycles. The van der Waals surface area contributed by atoms with Crippen molar-refractivity contribution in [3.63, 3.8) is 0 Å². The van der Waals surface area contributed by atoms with Gasteiger partial charge in [-0.05, 0) is 0 Å². The summed E-state index contributed by atoms with van der Waals surface area (Å²) in [6, 6.07) is -3.15. The molecular weight excluding hydrogens is 360 g/mol. The summed E-state index contributed by atoms with van der Waals surface area (Å²) in [5.74, 6) is -2.21. The highest BCUT2D eigenvalue weighted by molar-refractivity contribution is 6.14. The van der Waals surface area contributed by atoms with E-state index < -0.39 is 47.8 Å². The van der Waals surface area contributed by atoms with E-state index in [0.717, 1.165) is 0 Å². The molecule has 0 aromatic carbocycles. The third-order valence-corrected chi connectivity index (χ3v) is 1.65. The van der Waals surface area contributed by atoms with E-state index in [9.17, 15) is 28.8 Å². The summed E-state index contributed by atoms with van der Waals surface area (Å²) in [6.45, 7) is 0. The second-order valence-electron chi connectivity index (χ2n) is 4.01. The fraction of sp³-hybridized carbons (Fsp3) is 0.200. The topological polar surface area (TPSA) is 289 Å². The van der Waals surface area contributed by atoms with Crippen LogP contribution in [0.5, 0.6) is 0 Å². The Kier molecular flexibility index (Phi) is 11.3. The number of nitrogens with two attached hydrogens (primary N) is 4. The molecule has 0 aromatic heterocycles. The zero-order chi connectivity index (χ0) is 20.9. The smallest absolute Gasteiger partial charge is 0.328 e. The average molecular weight is 376 g/mol. The number of hydrogen-bond donors (Lipinski definition) is 8. The van der Waals surface area contributed by atoms with Crippen molar-refractivity contribution in [1.82, 2.24) is 21.3 Å². The van der Waals surface area contributed by atoms with E-state index in [1.54, 1.807) is 0 Å². The Morgan fingerprint density at radius 1 is 0.538 bits per heavy atom. The van der Waals surface area contributed by atoms with Crippen LogP contribution in [0.1, 0.15) is 12.8 Å². The third-order valence-electron chi connectivity index (χ3n) is 1.65. The fourth-order valence-electron chi connectivity index (χ4n) is 1.04. The molecule has 12 amide bonds. The van der Waals surface area contributed by atoms with Gasteiger partial charge in [-0.1, -0.05) is 0 Å². The number of imide groups is 4. The summed E-state index contributed by atoms with van der Waals surface area (Å²) in [7, 11) is 0. The van der Waals surface area contributed by atoms with Gasteiger partial charge in [0.05, 0.1) is 0 Å². The van der Waals surface area contributed by atoms with Gasteiger partial charge < -0.3 is 22.9 Å². The summed E-state index contributed by atoms with van der Waals surface area (Å²) >= 11 is 0. The van der Waals surface area contributed by atoms with Crippen LogP contribution >= 0.6 is 0 Å². The SMILES string of the molecule is NC(N)=O.NC(N)=O.O=C1CC(=O)NC(=O)N1.O=C1CC(=O)NC(=O)N1. The second-order valence-corrected chi connectivity index (χ2v) is 4.01. The van der Waals surface area contributed by atoms with Gasteiger partial charge in [0.15, 0.2) is 0 Å².